The maximum Gasteiger partial charge on any atom is 0.416 e. The second-order valence-electron chi connectivity index (χ2n) is 11.0. The molecule has 5 heterocycles. The number of hydrogen-bond acceptors (Lipinski definition) is 7. The van der Waals surface area contributed by atoms with Gasteiger partial charge in [0.15, 0.2) is 10.8 Å². The Balaban J connectivity index is 1.14. The number of nitrogens with zero attached hydrogens (tertiary/aromatic N) is 7. The number of pyridine rings is 1. The molecule has 0 aliphatic carbocycles. The number of piperazine rings is 1. The Labute approximate surface area is 248 Å². The van der Waals surface area contributed by atoms with Gasteiger partial charge in [0.05, 0.1) is 22.0 Å². The van der Waals surface area contributed by atoms with E-state index in [4.69, 9.17) is 0 Å². The van der Waals surface area contributed by atoms with Crippen molar-refractivity contribution in [2.24, 2.45) is 0 Å². The quantitative estimate of drug-likeness (QED) is 0.251. The van der Waals surface area contributed by atoms with Gasteiger partial charge in [-0.25, -0.2) is 19.0 Å². The highest BCUT2D eigenvalue weighted by Gasteiger charge is 2.38. The summed E-state index contributed by atoms with van der Waals surface area (Å²) in [5, 5.41) is 5.83. The number of carbonyl (C=O) groups is 1. The molecule has 0 radical (unpaired) electrons. The highest BCUT2D eigenvalue weighted by molar-refractivity contribution is 7.22. The first kappa shape index (κ1) is 27.6. The summed E-state index contributed by atoms with van der Waals surface area (Å²) in [4.78, 5) is 28.1. The van der Waals surface area contributed by atoms with Gasteiger partial charge in [-0.2, -0.15) is 18.3 Å². The fraction of sp³-hybridized carbons (Fsp3) is 0.333. The number of fused-ring (bicyclic) bond motifs is 3. The number of rotatable bonds is 4. The molecule has 0 bridgehead atoms. The number of carbonyl (C=O) groups excluding carboxylic acids is 1. The molecule has 8 nitrogen and oxygen atoms in total. The fourth-order valence-electron chi connectivity index (χ4n) is 6.20. The first-order valence-corrected chi connectivity index (χ1v) is 14.8. The number of halogens is 4. The van der Waals surface area contributed by atoms with Crippen LogP contribution in [0.15, 0.2) is 54.9 Å². The van der Waals surface area contributed by atoms with Crippen LogP contribution in [0.3, 0.4) is 0 Å². The van der Waals surface area contributed by atoms with Crippen molar-refractivity contribution in [2.45, 2.75) is 38.7 Å². The van der Waals surface area contributed by atoms with Crippen molar-refractivity contribution in [2.75, 3.05) is 36.0 Å². The monoisotopic (exact) mass is 609 g/mol. The van der Waals surface area contributed by atoms with E-state index >= 15 is 0 Å². The van der Waals surface area contributed by atoms with Gasteiger partial charge in [0, 0.05) is 56.0 Å². The number of amides is 1. The van der Waals surface area contributed by atoms with Crippen LogP contribution < -0.4 is 9.80 Å². The van der Waals surface area contributed by atoms with Crippen LogP contribution >= 0.6 is 11.3 Å². The van der Waals surface area contributed by atoms with Gasteiger partial charge in [0.25, 0.3) is 0 Å². The average molecular weight is 610 g/mol. The molecule has 7 rings (SSSR count). The Kier molecular flexibility index (Phi) is 6.71. The van der Waals surface area contributed by atoms with Crippen LogP contribution in [0.4, 0.5) is 28.4 Å². The molecular formula is C30H27F4N7OS. The Morgan fingerprint density at radius 3 is 2.74 bits per heavy atom. The number of thiazole rings is 1. The lowest BCUT2D eigenvalue weighted by atomic mass is 9.91. The van der Waals surface area contributed by atoms with E-state index in [9.17, 15) is 22.4 Å². The van der Waals surface area contributed by atoms with Crippen LogP contribution in [0, 0.1) is 5.82 Å². The Morgan fingerprint density at radius 2 is 1.93 bits per heavy atom. The van der Waals surface area contributed by atoms with Crippen molar-refractivity contribution in [1.82, 2.24) is 24.6 Å². The number of aromatic nitrogens is 4. The Hall–Kier alpha value is -4.26. The van der Waals surface area contributed by atoms with Gasteiger partial charge in [-0.15, -0.1) is 0 Å². The molecule has 1 unspecified atom stereocenters. The van der Waals surface area contributed by atoms with Gasteiger partial charge in [-0.3, -0.25) is 4.79 Å². The van der Waals surface area contributed by atoms with E-state index in [-0.39, 0.29) is 37.3 Å². The Morgan fingerprint density at radius 1 is 1.07 bits per heavy atom. The van der Waals surface area contributed by atoms with Gasteiger partial charge < -0.3 is 14.7 Å². The molecule has 1 saturated heterocycles. The summed E-state index contributed by atoms with van der Waals surface area (Å²) in [5.41, 5.74) is 2.34. The highest BCUT2D eigenvalue weighted by Crippen LogP contribution is 2.42. The van der Waals surface area contributed by atoms with Crippen LogP contribution in [-0.2, 0) is 30.5 Å². The zero-order valence-electron chi connectivity index (χ0n) is 23.2. The second-order valence-corrected chi connectivity index (χ2v) is 12.0. The predicted octanol–water partition coefficient (Wildman–Crippen LogP) is 5.50. The molecule has 3 aromatic heterocycles. The summed E-state index contributed by atoms with van der Waals surface area (Å²) < 4.78 is 58.3. The van der Waals surface area contributed by atoms with Gasteiger partial charge in [0.1, 0.15) is 12.4 Å². The van der Waals surface area contributed by atoms with E-state index < -0.39 is 11.7 Å². The number of hydrogen-bond donors (Lipinski definition) is 0. The van der Waals surface area contributed by atoms with Gasteiger partial charge in [-0.05, 0) is 66.9 Å². The number of alkyl halides is 3. The molecule has 222 valence electrons. The standard InChI is InChI=1S/C30H27F4N7OS/c1-18-15-38(11-12-40(18)27(42)17-41-28-19(14-36-41)3-2-9-35-28)25-7-5-23(30(32,33)34)21-8-10-39(16-22(21)25)29-37-24-6-4-20(31)13-26(24)43-29/h2-7,9,13-14,18H,8,10-12,15-17H2,1H3. The average Bonchev–Trinajstić information content (AvgIpc) is 3.59. The molecule has 2 aliphatic heterocycles. The fourth-order valence-corrected chi connectivity index (χ4v) is 7.22. The molecule has 5 aromatic rings. The molecule has 43 heavy (non-hydrogen) atoms. The molecule has 1 amide bonds. The van der Waals surface area contributed by atoms with Crippen molar-refractivity contribution >= 4 is 49.3 Å². The summed E-state index contributed by atoms with van der Waals surface area (Å²) >= 11 is 1.33. The van der Waals surface area contributed by atoms with Crippen molar-refractivity contribution in [3.05, 3.63) is 77.4 Å². The minimum atomic E-state index is -4.47. The third kappa shape index (κ3) is 5.05. The maximum atomic E-state index is 14.1. The topological polar surface area (TPSA) is 70.4 Å². The largest absolute Gasteiger partial charge is 0.416 e. The first-order valence-electron chi connectivity index (χ1n) is 14.0. The van der Waals surface area contributed by atoms with Crippen LogP contribution in [0.1, 0.15) is 23.6 Å². The van der Waals surface area contributed by atoms with E-state index in [2.05, 4.69) is 20.0 Å². The molecule has 0 spiro atoms. The molecule has 1 atom stereocenters. The molecule has 2 aliphatic rings. The minimum Gasteiger partial charge on any atom is -0.367 e. The third-order valence-corrected chi connectivity index (χ3v) is 9.35. The summed E-state index contributed by atoms with van der Waals surface area (Å²) in [6.45, 7) is 4.01. The van der Waals surface area contributed by atoms with Crippen LogP contribution in [0.2, 0.25) is 0 Å². The highest BCUT2D eigenvalue weighted by atomic mass is 32.1. The van der Waals surface area contributed by atoms with E-state index in [1.54, 1.807) is 34.1 Å². The summed E-state index contributed by atoms with van der Waals surface area (Å²) in [5.74, 6) is -0.444. The van der Waals surface area contributed by atoms with E-state index in [1.807, 2.05) is 24.0 Å². The minimum absolute atomic E-state index is 0.0571. The van der Waals surface area contributed by atoms with Gasteiger partial charge in [0.2, 0.25) is 5.91 Å². The second kappa shape index (κ2) is 10.5. The normalized spacial score (nSPS) is 17.6. The summed E-state index contributed by atoms with van der Waals surface area (Å²) in [6.07, 6.45) is -0.917. The molecule has 13 heteroatoms. The lowest BCUT2D eigenvalue weighted by molar-refractivity contribution is -0.138. The van der Waals surface area contributed by atoms with Crippen LogP contribution in [-0.4, -0.2) is 62.8 Å². The zero-order chi connectivity index (χ0) is 29.9. The number of anilines is 2. The zero-order valence-corrected chi connectivity index (χ0v) is 24.0. The summed E-state index contributed by atoms with van der Waals surface area (Å²) in [6, 6.07) is 10.7. The maximum absolute atomic E-state index is 14.1. The summed E-state index contributed by atoms with van der Waals surface area (Å²) in [7, 11) is 0. The molecule has 0 N–H and O–H groups in total. The lowest BCUT2D eigenvalue weighted by Gasteiger charge is -2.43. The van der Waals surface area contributed by atoms with E-state index in [0.29, 0.717) is 58.3 Å². The van der Waals surface area contributed by atoms with Crippen molar-refractivity contribution < 1.29 is 22.4 Å². The molecule has 0 saturated carbocycles. The number of benzene rings is 2. The SMILES string of the molecule is CC1CN(c2ccc(C(F)(F)F)c3c2CN(c2nc4ccc(F)cc4s2)CC3)CCN1C(=O)Cn1ncc2cccnc21. The van der Waals surface area contributed by atoms with Crippen molar-refractivity contribution in [1.29, 1.82) is 0 Å². The molecule has 2 aromatic carbocycles. The third-order valence-electron chi connectivity index (χ3n) is 8.27. The van der Waals surface area contributed by atoms with E-state index in [1.165, 1.54) is 29.5 Å². The van der Waals surface area contributed by atoms with Gasteiger partial charge in [-0.1, -0.05) is 11.3 Å². The predicted molar refractivity (Wildman–Crippen MR) is 157 cm³/mol. The van der Waals surface area contributed by atoms with Crippen molar-refractivity contribution in [3.63, 3.8) is 0 Å². The lowest BCUT2D eigenvalue weighted by Crippen LogP contribution is -2.55. The van der Waals surface area contributed by atoms with Gasteiger partial charge >= 0.3 is 6.18 Å². The molecular weight excluding hydrogens is 582 g/mol. The smallest absolute Gasteiger partial charge is 0.367 e. The van der Waals surface area contributed by atoms with Crippen LogP contribution in [0.25, 0.3) is 21.3 Å². The van der Waals surface area contributed by atoms with Crippen molar-refractivity contribution in [3.8, 4) is 0 Å². The Bertz CT molecular complexity index is 1850. The first-order chi connectivity index (χ1) is 20.7. The van der Waals surface area contributed by atoms with Crippen LogP contribution in [0.5, 0.6) is 0 Å². The molecule has 1 fully saturated rings. The van der Waals surface area contributed by atoms with E-state index in [0.717, 1.165) is 11.1 Å².